The molecule has 0 fully saturated rings. The van der Waals surface area contributed by atoms with Crippen molar-refractivity contribution in [2.75, 3.05) is 14.2 Å². The molecule has 3 aromatic carbocycles. The molecule has 33 heavy (non-hydrogen) atoms. The van der Waals surface area contributed by atoms with Crippen LogP contribution in [0.1, 0.15) is 33.1 Å². The highest BCUT2D eigenvalue weighted by Crippen LogP contribution is 2.38. The van der Waals surface area contributed by atoms with Crippen LogP contribution in [0.5, 0.6) is 11.5 Å². The molecule has 0 aliphatic heterocycles. The van der Waals surface area contributed by atoms with Gasteiger partial charge in [-0.3, -0.25) is 14.2 Å². The summed E-state index contributed by atoms with van der Waals surface area (Å²) in [6, 6.07) is 18.8. The highest BCUT2D eigenvalue weighted by atomic mass is 35.5. The number of hydrogen-bond acceptors (Lipinski definition) is 4. The number of fused-ring (bicyclic) bond motifs is 1. The number of halogens is 1. The van der Waals surface area contributed by atoms with Crippen LogP contribution in [-0.4, -0.2) is 35.8 Å². The van der Waals surface area contributed by atoms with E-state index in [1.165, 1.54) is 0 Å². The van der Waals surface area contributed by atoms with Gasteiger partial charge in [0.15, 0.2) is 0 Å². The molecule has 0 aliphatic carbocycles. The highest BCUT2D eigenvalue weighted by Gasteiger charge is 2.31. The second-order valence-electron chi connectivity index (χ2n) is 7.57. The van der Waals surface area contributed by atoms with E-state index < -0.39 is 11.9 Å². The van der Waals surface area contributed by atoms with Crippen LogP contribution in [0.25, 0.3) is 10.9 Å². The first-order chi connectivity index (χ1) is 15.8. The normalized spacial score (nSPS) is 11.9. The van der Waals surface area contributed by atoms with Crippen molar-refractivity contribution in [1.29, 1.82) is 0 Å². The van der Waals surface area contributed by atoms with Gasteiger partial charge in [-0.25, -0.2) is 0 Å². The predicted molar refractivity (Wildman–Crippen MR) is 127 cm³/mol. The Hall–Kier alpha value is -3.77. The van der Waals surface area contributed by atoms with Gasteiger partial charge in [0.2, 0.25) is 0 Å². The van der Waals surface area contributed by atoms with Crippen LogP contribution in [0.3, 0.4) is 0 Å². The summed E-state index contributed by atoms with van der Waals surface area (Å²) in [6.45, 7) is 1.76. The average Bonchev–Trinajstić information content (AvgIpc) is 3.10. The van der Waals surface area contributed by atoms with Crippen LogP contribution in [-0.2, 0) is 4.79 Å². The van der Waals surface area contributed by atoms with Gasteiger partial charge in [-0.2, -0.15) is 0 Å². The summed E-state index contributed by atoms with van der Waals surface area (Å²) in [6.07, 6.45) is 0. The van der Waals surface area contributed by atoms with Crippen LogP contribution in [0.15, 0.2) is 66.7 Å². The molecule has 4 rings (SSSR count). The zero-order valence-electron chi connectivity index (χ0n) is 18.3. The molecule has 1 unspecified atom stereocenters. The molecule has 0 aliphatic rings. The Morgan fingerprint density at radius 1 is 0.909 bits per heavy atom. The summed E-state index contributed by atoms with van der Waals surface area (Å²) in [5.74, 6) is -1.10. The van der Waals surface area contributed by atoms with E-state index in [0.29, 0.717) is 49.8 Å². The van der Waals surface area contributed by atoms with E-state index in [1.807, 2.05) is 0 Å². The molecule has 168 valence electrons. The van der Waals surface area contributed by atoms with Gasteiger partial charge in [0.25, 0.3) is 5.91 Å². The molecule has 0 saturated carbocycles. The Labute approximate surface area is 195 Å². The van der Waals surface area contributed by atoms with Gasteiger partial charge in [0.05, 0.1) is 19.7 Å². The number of ether oxygens (including phenoxy) is 2. The van der Waals surface area contributed by atoms with Crippen molar-refractivity contribution in [3.8, 4) is 11.5 Å². The van der Waals surface area contributed by atoms with Crippen LogP contribution in [0.2, 0.25) is 5.02 Å². The summed E-state index contributed by atoms with van der Waals surface area (Å²) < 4.78 is 12.1. The number of rotatable bonds is 6. The molecule has 0 spiro atoms. The number of aliphatic carboxylic acids is 1. The minimum absolute atomic E-state index is 0.274. The maximum Gasteiger partial charge on any atom is 0.315 e. The number of carboxylic acids is 1. The first-order valence-electron chi connectivity index (χ1n) is 10.2. The van der Waals surface area contributed by atoms with E-state index in [0.717, 1.165) is 0 Å². The molecular formula is C26H22ClNO5. The molecule has 1 atom stereocenters. The molecule has 4 aromatic rings. The van der Waals surface area contributed by atoms with Crippen molar-refractivity contribution < 1.29 is 24.2 Å². The fraction of sp³-hybridized carbons (Fsp3) is 0.154. The first kappa shape index (κ1) is 22.4. The summed E-state index contributed by atoms with van der Waals surface area (Å²) in [7, 11) is 3.10. The summed E-state index contributed by atoms with van der Waals surface area (Å²) in [5.41, 5.74) is 2.69. The van der Waals surface area contributed by atoms with Gasteiger partial charge in [-0.15, -0.1) is 0 Å². The predicted octanol–water partition coefficient (Wildman–Crippen LogP) is 5.53. The third kappa shape index (κ3) is 4.05. The number of carbonyl (C=O) groups is 2. The van der Waals surface area contributed by atoms with E-state index in [-0.39, 0.29) is 5.91 Å². The van der Waals surface area contributed by atoms with Gasteiger partial charge < -0.3 is 14.6 Å². The quantitative estimate of drug-likeness (QED) is 0.407. The van der Waals surface area contributed by atoms with E-state index in [4.69, 9.17) is 21.1 Å². The van der Waals surface area contributed by atoms with Gasteiger partial charge in [0.1, 0.15) is 17.4 Å². The van der Waals surface area contributed by atoms with Crippen molar-refractivity contribution >= 4 is 34.4 Å². The Kier molecular flexibility index (Phi) is 6.11. The number of benzene rings is 3. The Morgan fingerprint density at radius 2 is 1.52 bits per heavy atom. The second kappa shape index (κ2) is 9.00. The van der Waals surface area contributed by atoms with Crippen molar-refractivity contribution in [2.45, 2.75) is 12.8 Å². The second-order valence-corrected chi connectivity index (χ2v) is 8.01. The molecule has 1 N–H and O–H groups in total. The highest BCUT2D eigenvalue weighted by molar-refractivity contribution is 6.30. The fourth-order valence-corrected chi connectivity index (χ4v) is 4.25. The molecule has 7 heteroatoms. The summed E-state index contributed by atoms with van der Waals surface area (Å²) in [5, 5.41) is 11.4. The van der Waals surface area contributed by atoms with Crippen LogP contribution in [0, 0.1) is 6.92 Å². The zero-order chi connectivity index (χ0) is 23.7. The number of carboxylic acid groups (broad SMARTS) is 1. The molecule has 1 heterocycles. The Bertz CT molecular complexity index is 1340. The van der Waals surface area contributed by atoms with Crippen LogP contribution in [0.4, 0.5) is 0 Å². The minimum atomic E-state index is -1.02. The number of carbonyl (C=O) groups excluding carboxylic acids is 1. The monoisotopic (exact) mass is 463 g/mol. The molecule has 0 amide bonds. The molecule has 6 nitrogen and oxygen atoms in total. The van der Waals surface area contributed by atoms with Crippen molar-refractivity contribution in [2.24, 2.45) is 0 Å². The number of aromatic nitrogens is 1. The maximum absolute atomic E-state index is 13.5. The first-order valence-corrected chi connectivity index (χ1v) is 10.6. The smallest absolute Gasteiger partial charge is 0.315 e. The van der Waals surface area contributed by atoms with E-state index in [9.17, 15) is 14.7 Å². The third-order valence-corrected chi connectivity index (χ3v) is 5.99. The largest absolute Gasteiger partial charge is 0.497 e. The zero-order valence-corrected chi connectivity index (χ0v) is 19.1. The van der Waals surface area contributed by atoms with Gasteiger partial charge in [-0.1, -0.05) is 23.7 Å². The molecule has 0 radical (unpaired) electrons. The van der Waals surface area contributed by atoms with E-state index in [1.54, 1.807) is 92.4 Å². The fourth-order valence-electron chi connectivity index (χ4n) is 4.13. The lowest BCUT2D eigenvalue weighted by molar-refractivity contribution is -0.137. The van der Waals surface area contributed by atoms with Crippen molar-refractivity contribution in [3.63, 3.8) is 0 Å². The standard InChI is InChI=1S/C26H22ClNO5/c1-15-23(24(26(30)31)16-6-10-19(32-2)11-7-16)21-14-20(33-3)12-13-22(21)28(15)25(29)17-4-8-18(27)9-5-17/h4-14,24H,1-3H3,(H,30,31). The molecule has 0 saturated heterocycles. The number of hydrogen-bond donors (Lipinski definition) is 1. The van der Waals surface area contributed by atoms with Crippen LogP contribution < -0.4 is 9.47 Å². The lowest BCUT2D eigenvalue weighted by Gasteiger charge is -2.15. The average molecular weight is 464 g/mol. The van der Waals surface area contributed by atoms with Gasteiger partial charge in [-0.05, 0) is 72.6 Å². The number of methoxy groups -OCH3 is 2. The van der Waals surface area contributed by atoms with E-state index >= 15 is 0 Å². The number of nitrogens with zero attached hydrogens (tertiary/aromatic N) is 1. The lowest BCUT2D eigenvalue weighted by Crippen LogP contribution is -2.17. The lowest BCUT2D eigenvalue weighted by atomic mass is 9.89. The van der Waals surface area contributed by atoms with E-state index in [2.05, 4.69) is 0 Å². The Balaban J connectivity index is 1.98. The molecule has 1 aromatic heterocycles. The van der Waals surface area contributed by atoms with Crippen LogP contribution >= 0.6 is 11.6 Å². The molecule has 0 bridgehead atoms. The van der Waals surface area contributed by atoms with Gasteiger partial charge >= 0.3 is 5.97 Å². The maximum atomic E-state index is 13.5. The molecular weight excluding hydrogens is 442 g/mol. The third-order valence-electron chi connectivity index (χ3n) is 5.74. The minimum Gasteiger partial charge on any atom is -0.497 e. The topological polar surface area (TPSA) is 77.8 Å². The summed E-state index contributed by atoms with van der Waals surface area (Å²) in [4.78, 5) is 26.0. The summed E-state index contributed by atoms with van der Waals surface area (Å²) >= 11 is 5.99. The van der Waals surface area contributed by atoms with Gasteiger partial charge in [0, 0.05) is 21.7 Å². The van der Waals surface area contributed by atoms with Crippen molar-refractivity contribution in [3.05, 3.63) is 94.1 Å². The van der Waals surface area contributed by atoms with Crippen molar-refractivity contribution in [1.82, 2.24) is 4.57 Å². The SMILES string of the molecule is COc1ccc(C(C(=O)O)c2c(C)n(C(=O)c3ccc(Cl)cc3)c3ccc(OC)cc23)cc1. The Morgan fingerprint density at radius 3 is 2.09 bits per heavy atom.